The molecular formula is C24H27ClF2O3. The lowest BCUT2D eigenvalue weighted by atomic mass is 9.83. The van der Waals surface area contributed by atoms with Crippen LogP contribution in [0.5, 0.6) is 5.75 Å². The first kappa shape index (κ1) is 22.5. The molecule has 0 bridgehead atoms. The van der Waals surface area contributed by atoms with E-state index in [1.807, 2.05) is 6.07 Å². The summed E-state index contributed by atoms with van der Waals surface area (Å²) in [5, 5.41) is 0.317. The van der Waals surface area contributed by atoms with Crippen molar-refractivity contribution in [3.63, 3.8) is 0 Å². The molecule has 30 heavy (non-hydrogen) atoms. The number of benzene rings is 2. The normalized spacial score (nSPS) is 15.2. The predicted octanol–water partition coefficient (Wildman–Crippen LogP) is 6.66. The summed E-state index contributed by atoms with van der Waals surface area (Å²) in [5.41, 5.74) is 2.74. The van der Waals surface area contributed by atoms with E-state index in [0.29, 0.717) is 28.5 Å². The summed E-state index contributed by atoms with van der Waals surface area (Å²) in [5.74, 6) is -0.111. The topological polar surface area (TPSA) is 35.5 Å². The standard InChI is InChI=1S/C24H27ClF2O3/c1-2-29-24(28)22(18-5-3-4-6-18)19-13-20(17-9-7-16(15-27)8-10-17)23(21(25)14-19)30-12-11-26/h7-10,13-14,18,22H,2-6,11-12,15H2,1H3. The Hall–Kier alpha value is -2.14. The van der Waals surface area contributed by atoms with Crippen molar-refractivity contribution < 1.29 is 23.0 Å². The van der Waals surface area contributed by atoms with Gasteiger partial charge in [-0.2, -0.15) is 0 Å². The summed E-state index contributed by atoms with van der Waals surface area (Å²) in [6.07, 6.45) is 4.09. The fourth-order valence-electron chi connectivity index (χ4n) is 4.19. The van der Waals surface area contributed by atoms with Gasteiger partial charge in [-0.1, -0.05) is 48.7 Å². The molecule has 1 aliphatic rings. The van der Waals surface area contributed by atoms with Crippen LogP contribution in [0.25, 0.3) is 11.1 Å². The van der Waals surface area contributed by atoms with E-state index < -0.39 is 19.3 Å². The molecule has 1 atom stereocenters. The number of carbonyl (C=O) groups is 1. The Morgan fingerprint density at radius 2 is 1.87 bits per heavy atom. The number of halogens is 3. The summed E-state index contributed by atoms with van der Waals surface area (Å²) in [6, 6.07) is 10.5. The number of carbonyl (C=O) groups excluding carboxylic acids is 1. The van der Waals surface area contributed by atoms with Gasteiger partial charge in [0, 0.05) is 5.56 Å². The summed E-state index contributed by atoms with van der Waals surface area (Å²) >= 11 is 6.55. The first-order chi connectivity index (χ1) is 14.6. The fourth-order valence-corrected chi connectivity index (χ4v) is 4.47. The Labute approximate surface area is 181 Å². The average molecular weight is 437 g/mol. The lowest BCUT2D eigenvalue weighted by molar-refractivity contribution is -0.146. The van der Waals surface area contributed by atoms with Crippen LogP contribution in [0, 0.1) is 5.92 Å². The van der Waals surface area contributed by atoms with Gasteiger partial charge in [-0.3, -0.25) is 4.79 Å². The molecule has 0 saturated heterocycles. The van der Waals surface area contributed by atoms with Crippen LogP contribution in [-0.2, 0) is 16.2 Å². The van der Waals surface area contributed by atoms with Crippen molar-refractivity contribution in [1.82, 2.24) is 0 Å². The molecule has 1 unspecified atom stereocenters. The minimum Gasteiger partial charge on any atom is -0.489 e. The first-order valence-corrected chi connectivity index (χ1v) is 10.8. The SMILES string of the molecule is CCOC(=O)C(c1cc(Cl)c(OCCF)c(-c2ccc(CF)cc2)c1)C1CCCC1. The van der Waals surface area contributed by atoms with Gasteiger partial charge in [0.2, 0.25) is 0 Å². The minimum atomic E-state index is -0.647. The molecule has 0 amide bonds. The Morgan fingerprint density at radius 1 is 1.17 bits per heavy atom. The second-order valence-corrected chi connectivity index (χ2v) is 7.93. The van der Waals surface area contributed by atoms with Crippen LogP contribution in [-0.4, -0.2) is 25.9 Å². The van der Waals surface area contributed by atoms with Gasteiger partial charge in [0.15, 0.2) is 0 Å². The quantitative estimate of drug-likeness (QED) is 0.412. The van der Waals surface area contributed by atoms with Crippen LogP contribution in [0.15, 0.2) is 36.4 Å². The molecule has 3 rings (SSSR count). The molecular weight excluding hydrogens is 410 g/mol. The second kappa shape index (κ2) is 10.8. The molecule has 0 spiro atoms. The van der Waals surface area contributed by atoms with Crippen LogP contribution >= 0.6 is 11.6 Å². The number of alkyl halides is 2. The van der Waals surface area contributed by atoms with Crippen molar-refractivity contribution in [2.75, 3.05) is 19.9 Å². The highest BCUT2D eigenvalue weighted by Gasteiger charge is 2.34. The number of esters is 1. The Kier molecular flexibility index (Phi) is 8.08. The molecule has 0 aliphatic heterocycles. The van der Waals surface area contributed by atoms with E-state index in [-0.39, 0.29) is 18.5 Å². The number of rotatable bonds is 9. The van der Waals surface area contributed by atoms with Crippen molar-refractivity contribution in [3.8, 4) is 16.9 Å². The smallest absolute Gasteiger partial charge is 0.313 e. The molecule has 0 N–H and O–H groups in total. The van der Waals surface area contributed by atoms with E-state index in [1.54, 1.807) is 37.3 Å². The third-order valence-corrected chi connectivity index (χ3v) is 5.86. The number of ether oxygens (including phenoxy) is 2. The average Bonchev–Trinajstić information content (AvgIpc) is 3.27. The lowest BCUT2D eigenvalue weighted by Gasteiger charge is -2.24. The third-order valence-electron chi connectivity index (χ3n) is 5.58. The third kappa shape index (κ3) is 5.12. The van der Waals surface area contributed by atoms with E-state index in [4.69, 9.17) is 21.1 Å². The van der Waals surface area contributed by atoms with Gasteiger partial charge in [0.05, 0.1) is 17.5 Å². The fraction of sp³-hybridized carbons (Fsp3) is 0.458. The maximum Gasteiger partial charge on any atom is 0.313 e. The molecule has 3 nitrogen and oxygen atoms in total. The van der Waals surface area contributed by atoms with Crippen molar-refractivity contribution in [3.05, 3.63) is 52.5 Å². The molecule has 0 aromatic heterocycles. The molecule has 0 radical (unpaired) electrons. The van der Waals surface area contributed by atoms with Crippen molar-refractivity contribution >= 4 is 17.6 Å². The second-order valence-electron chi connectivity index (χ2n) is 7.52. The van der Waals surface area contributed by atoms with Gasteiger partial charge in [0.1, 0.15) is 25.7 Å². The van der Waals surface area contributed by atoms with E-state index in [0.717, 1.165) is 36.8 Å². The maximum absolute atomic E-state index is 12.9. The molecule has 0 heterocycles. The molecule has 1 saturated carbocycles. The summed E-state index contributed by atoms with van der Waals surface area (Å²) < 4.78 is 36.7. The molecule has 1 aliphatic carbocycles. The summed E-state index contributed by atoms with van der Waals surface area (Å²) in [7, 11) is 0. The zero-order valence-electron chi connectivity index (χ0n) is 17.1. The first-order valence-electron chi connectivity index (χ1n) is 10.4. The molecule has 1 fully saturated rings. The van der Waals surface area contributed by atoms with E-state index in [2.05, 4.69) is 0 Å². The number of hydrogen-bond donors (Lipinski definition) is 0. The predicted molar refractivity (Wildman–Crippen MR) is 115 cm³/mol. The Bertz CT molecular complexity index is 848. The van der Waals surface area contributed by atoms with Crippen molar-refractivity contribution in [2.45, 2.75) is 45.2 Å². The van der Waals surface area contributed by atoms with Crippen LogP contribution < -0.4 is 4.74 Å². The summed E-state index contributed by atoms with van der Waals surface area (Å²) in [4.78, 5) is 12.8. The van der Waals surface area contributed by atoms with Crippen LogP contribution in [0.1, 0.15) is 49.7 Å². The van der Waals surface area contributed by atoms with E-state index in [9.17, 15) is 13.6 Å². The number of hydrogen-bond acceptors (Lipinski definition) is 3. The van der Waals surface area contributed by atoms with Crippen LogP contribution in [0.3, 0.4) is 0 Å². The van der Waals surface area contributed by atoms with E-state index in [1.165, 1.54) is 0 Å². The summed E-state index contributed by atoms with van der Waals surface area (Å²) in [6.45, 7) is 0.774. The van der Waals surface area contributed by atoms with Crippen LogP contribution in [0.2, 0.25) is 5.02 Å². The zero-order valence-corrected chi connectivity index (χ0v) is 17.9. The Balaban J connectivity index is 2.09. The monoisotopic (exact) mass is 436 g/mol. The van der Waals surface area contributed by atoms with Gasteiger partial charge in [-0.15, -0.1) is 0 Å². The van der Waals surface area contributed by atoms with Crippen molar-refractivity contribution in [1.29, 1.82) is 0 Å². The van der Waals surface area contributed by atoms with Crippen LogP contribution in [0.4, 0.5) is 8.78 Å². The van der Waals surface area contributed by atoms with Gasteiger partial charge >= 0.3 is 5.97 Å². The largest absolute Gasteiger partial charge is 0.489 e. The van der Waals surface area contributed by atoms with Gasteiger partial charge in [0.25, 0.3) is 0 Å². The molecule has 2 aromatic rings. The molecule has 6 heteroatoms. The minimum absolute atomic E-state index is 0.126. The highest BCUT2D eigenvalue weighted by Crippen LogP contribution is 2.44. The van der Waals surface area contributed by atoms with Gasteiger partial charge in [-0.05, 0) is 54.5 Å². The highest BCUT2D eigenvalue weighted by molar-refractivity contribution is 6.32. The van der Waals surface area contributed by atoms with Gasteiger partial charge in [-0.25, -0.2) is 8.78 Å². The van der Waals surface area contributed by atoms with Gasteiger partial charge < -0.3 is 9.47 Å². The molecule has 2 aromatic carbocycles. The maximum atomic E-state index is 12.9. The highest BCUT2D eigenvalue weighted by atomic mass is 35.5. The molecule has 162 valence electrons. The van der Waals surface area contributed by atoms with E-state index >= 15 is 0 Å². The Morgan fingerprint density at radius 3 is 2.47 bits per heavy atom. The lowest BCUT2D eigenvalue weighted by Crippen LogP contribution is -2.23. The van der Waals surface area contributed by atoms with Crippen molar-refractivity contribution in [2.24, 2.45) is 5.92 Å². The zero-order chi connectivity index (χ0) is 21.5.